The third kappa shape index (κ3) is 6.58. The average molecular weight is 403 g/mol. The van der Waals surface area contributed by atoms with Crippen LogP contribution in [0.2, 0.25) is 0 Å². The van der Waals surface area contributed by atoms with Crippen molar-refractivity contribution in [2.75, 3.05) is 31.1 Å². The lowest BCUT2D eigenvalue weighted by Gasteiger charge is -2.37. The van der Waals surface area contributed by atoms with Gasteiger partial charge in [-0.2, -0.15) is 0 Å². The predicted octanol–water partition coefficient (Wildman–Crippen LogP) is 1.16. The minimum Gasteiger partial charge on any atom is -0.481 e. The van der Waals surface area contributed by atoms with Gasteiger partial charge in [0.1, 0.15) is 6.29 Å². The van der Waals surface area contributed by atoms with Crippen LogP contribution in [0.5, 0.6) is 0 Å². The second-order valence-corrected chi connectivity index (χ2v) is 7.61. The van der Waals surface area contributed by atoms with E-state index in [-0.39, 0.29) is 18.2 Å². The van der Waals surface area contributed by atoms with Crippen LogP contribution in [0.1, 0.15) is 26.7 Å². The highest BCUT2D eigenvalue weighted by Crippen LogP contribution is 2.20. The molecule has 1 aliphatic rings. The van der Waals surface area contributed by atoms with Crippen molar-refractivity contribution in [1.82, 2.24) is 10.2 Å². The van der Waals surface area contributed by atoms with Gasteiger partial charge in [0, 0.05) is 44.2 Å². The summed E-state index contributed by atoms with van der Waals surface area (Å²) in [6.45, 7) is 6.27. The molecular weight excluding hydrogens is 374 g/mol. The molecule has 1 aromatic rings. The number of amides is 2. The molecule has 8 heteroatoms. The molecule has 0 unspecified atom stereocenters. The minimum atomic E-state index is -1.17. The number of nitrogens with one attached hydrogen (secondary N) is 1. The molecule has 0 aromatic heterocycles. The zero-order chi connectivity index (χ0) is 21.4. The van der Waals surface area contributed by atoms with E-state index < -0.39 is 30.3 Å². The molecule has 0 radical (unpaired) electrons. The van der Waals surface area contributed by atoms with Crippen molar-refractivity contribution in [1.29, 1.82) is 0 Å². The topological polar surface area (TPSA) is 107 Å². The number of aliphatic carboxylic acids is 1. The van der Waals surface area contributed by atoms with E-state index in [1.165, 1.54) is 0 Å². The maximum Gasteiger partial charge on any atom is 0.305 e. The van der Waals surface area contributed by atoms with Crippen molar-refractivity contribution in [2.24, 2.45) is 11.8 Å². The number of anilines is 1. The first-order valence-electron chi connectivity index (χ1n) is 9.87. The second kappa shape index (κ2) is 10.6. The Balaban J connectivity index is 1.91. The molecule has 1 saturated heterocycles. The van der Waals surface area contributed by atoms with E-state index in [0.717, 1.165) is 18.8 Å². The zero-order valence-electron chi connectivity index (χ0n) is 16.9. The number of carboxylic acid groups (broad SMARTS) is 1. The van der Waals surface area contributed by atoms with Gasteiger partial charge in [-0.25, -0.2) is 0 Å². The predicted molar refractivity (Wildman–Crippen MR) is 108 cm³/mol. The number of rotatable bonds is 9. The number of carbonyl (C=O) groups excluding carboxylic acids is 3. The number of piperazine rings is 1. The van der Waals surface area contributed by atoms with Crippen LogP contribution in [0.25, 0.3) is 0 Å². The molecule has 2 rings (SSSR count). The van der Waals surface area contributed by atoms with Crippen LogP contribution in [-0.2, 0) is 19.2 Å². The Morgan fingerprint density at radius 2 is 1.69 bits per heavy atom. The largest absolute Gasteiger partial charge is 0.481 e. The maximum absolute atomic E-state index is 12.8. The Hall–Kier alpha value is -2.90. The number of carboxylic acids is 1. The summed E-state index contributed by atoms with van der Waals surface area (Å²) in [5.41, 5.74) is 1.12. The second-order valence-electron chi connectivity index (χ2n) is 7.61. The Kier molecular flexibility index (Phi) is 8.18. The monoisotopic (exact) mass is 403 g/mol. The Morgan fingerprint density at radius 1 is 1.07 bits per heavy atom. The van der Waals surface area contributed by atoms with Crippen molar-refractivity contribution >= 4 is 29.8 Å². The van der Waals surface area contributed by atoms with Gasteiger partial charge in [-0.3, -0.25) is 14.4 Å². The van der Waals surface area contributed by atoms with Crippen LogP contribution in [-0.4, -0.2) is 66.3 Å². The van der Waals surface area contributed by atoms with Crippen LogP contribution >= 0.6 is 0 Å². The summed E-state index contributed by atoms with van der Waals surface area (Å²) in [7, 11) is 0. The molecule has 1 aliphatic heterocycles. The highest BCUT2D eigenvalue weighted by Gasteiger charge is 2.30. The van der Waals surface area contributed by atoms with Crippen LogP contribution < -0.4 is 10.2 Å². The molecule has 29 heavy (non-hydrogen) atoms. The van der Waals surface area contributed by atoms with Crippen molar-refractivity contribution in [3.05, 3.63) is 30.3 Å². The zero-order valence-corrected chi connectivity index (χ0v) is 16.9. The number of nitrogens with zero attached hydrogens (tertiary/aromatic N) is 2. The van der Waals surface area contributed by atoms with Crippen molar-refractivity contribution in [3.8, 4) is 0 Å². The van der Waals surface area contributed by atoms with Gasteiger partial charge in [-0.1, -0.05) is 32.0 Å². The molecule has 2 atom stereocenters. The maximum atomic E-state index is 12.8. The van der Waals surface area contributed by atoms with Gasteiger partial charge >= 0.3 is 5.97 Å². The number of para-hydroxylation sites is 1. The molecule has 0 bridgehead atoms. The Labute approximate surface area is 170 Å². The third-order valence-electron chi connectivity index (χ3n) is 5.18. The lowest BCUT2D eigenvalue weighted by Crippen LogP contribution is -2.50. The van der Waals surface area contributed by atoms with E-state index in [4.69, 9.17) is 5.11 Å². The van der Waals surface area contributed by atoms with E-state index in [9.17, 15) is 19.2 Å². The van der Waals surface area contributed by atoms with Crippen molar-refractivity contribution in [3.63, 3.8) is 0 Å². The quantitative estimate of drug-likeness (QED) is 0.599. The number of carbonyl (C=O) groups is 4. The smallest absolute Gasteiger partial charge is 0.305 e. The summed E-state index contributed by atoms with van der Waals surface area (Å²) in [5.74, 6) is -2.48. The van der Waals surface area contributed by atoms with E-state index >= 15 is 0 Å². The summed E-state index contributed by atoms with van der Waals surface area (Å²) in [4.78, 5) is 51.1. The molecule has 0 spiro atoms. The third-order valence-corrected chi connectivity index (χ3v) is 5.18. The molecule has 8 nitrogen and oxygen atoms in total. The molecule has 1 fully saturated rings. The first-order chi connectivity index (χ1) is 13.8. The summed E-state index contributed by atoms with van der Waals surface area (Å²) < 4.78 is 0. The molecule has 0 saturated carbocycles. The highest BCUT2D eigenvalue weighted by atomic mass is 16.4. The minimum absolute atomic E-state index is 0.0352. The average Bonchev–Trinajstić information content (AvgIpc) is 2.71. The standard InChI is InChI=1S/C21H29N3O5/c1-15(2)18(21(29)22-16(14-25)12-20(27)28)13-19(26)24-10-8-23(9-11-24)17-6-4-3-5-7-17/h3-7,14-16,18H,8-13H2,1-2H3,(H,22,29)(H,27,28)/t16-,18-/m0/s1. The van der Waals surface area contributed by atoms with Crippen LogP contribution in [0.15, 0.2) is 30.3 Å². The number of hydrogen-bond acceptors (Lipinski definition) is 5. The summed E-state index contributed by atoms with van der Waals surface area (Å²) >= 11 is 0. The Morgan fingerprint density at radius 3 is 2.21 bits per heavy atom. The lowest BCUT2D eigenvalue weighted by molar-refractivity contribution is -0.140. The first-order valence-corrected chi connectivity index (χ1v) is 9.87. The SMILES string of the molecule is CC(C)[C@H](CC(=O)N1CCN(c2ccccc2)CC1)C(=O)N[C@H](C=O)CC(=O)O. The van der Waals surface area contributed by atoms with Crippen LogP contribution in [0.4, 0.5) is 5.69 Å². The number of benzene rings is 1. The molecule has 2 N–H and O–H groups in total. The van der Waals surface area contributed by atoms with E-state index in [2.05, 4.69) is 10.2 Å². The van der Waals surface area contributed by atoms with Gasteiger partial charge in [0.05, 0.1) is 12.5 Å². The van der Waals surface area contributed by atoms with Crippen LogP contribution in [0.3, 0.4) is 0 Å². The summed E-state index contributed by atoms with van der Waals surface area (Å²) in [6.07, 6.45) is -0.0308. The number of aldehydes is 1. The number of hydrogen-bond donors (Lipinski definition) is 2. The van der Waals surface area contributed by atoms with E-state index in [1.807, 2.05) is 44.2 Å². The van der Waals surface area contributed by atoms with Crippen LogP contribution in [0, 0.1) is 11.8 Å². The fourth-order valence-corrected chi connectivity index (χ4v) is 3.41. The lowest BCUT2D eigenvalue weighted by atomic mass is 9.90. The molecule has 1 heterocycles. The molecule has 2 amide bonds. The van der Waals surface area contributed by atoms with Gasteiger partial charge in [0.2, 0.25) is 11.8 Å². The van der Waals surface area contributed by atoms with Gasteiger partial charge in [0.15, 0.2) is 0 Å². The first kappa shape index (κ1) is 22.4. The van der Waals surface area contributed by atoms with E-state index in [1.54, 1.807) is 4.90 Å². The highest BCUT2D eigenvalue weighted by molar-refractivity contribution is 5.88. The van der Waals surface area contributed by atoms with Gasteiger partial charge in [-0.15, -0.1) is 0 Å². The Bertz CT molecular complexity index is 714. The fraction of sp³-hybridized carbons (Fsp3) is 0.524. The summed E-state index contributed by atoms with van der Waals surface area (Å²) in [6, 6.07) is 8.91. The molecular formula is C21H29N3O5. The van der Waals surface area contributed by atoms with Gasteiger partial charge < -0.3 is 25.0 Å². The van der Waals surface area contributed by atoms with Crippen molar-refractivity contribution < 1.29 is 24.3 Å². The molecule has 0 aliphatic carbocycles. The fourth-order valence-electron chi connectivity index (χ4n) is 3.41. The summed E-state index contributed by atoms with van der Waals surface area (Å²) in [5, 5.41) is 11.3. The van der Waals surface area contributed by atoms with Gasteiger partial charge in [0.25, 0.3) is 0 Å². The van der Waals surface area contributed by atoms with Gasteiger partial charge in [-0.05, 0) is 18.1 Å². The van der Waals surface area contributed by atoms with E-state index in [0.29, 0.717) is 19.4 Å². The molecule has 1 aromatic carbocycles. The normalized spacial score (nSPS) is 16.2. The molecule has 158 valence electrons. The van der Waals surface area contributed by atoms with Crippen molar-refractivity contribution in [2.45, 2.75) is 32.7 Å².